The van der Waals surface area contributed by atoms with E-state index < -0.39 is 0 Å². The van der Waals surface area contributed by atoms with Crippen molar-refractivity contribution in [3.8, 4) is 0 Å². The van der Waals surface area contributed by atoms with Gasteiger partial charge in [-0.15, -0.1) is 0 Å². The maximum atomic E-state index is 12.6. The summed E-state index contributed by atoms with van der Waals surface area (Å²) in [7, 11) is 0. The highest BCUT2D eigenvalue weighted by Crippen LogP contribution is 2.38. The van der Waals surface area contributed by atoms with E-state index in [2.05, 4.69) is 18.4 Å². The van der Waals surface area contributed by atoms with Gasteiger partial charge in [-0.1, -0.05) is 6.92 Å². The van der Waals surface area contributed by atoms with E-state index >= 15 is 0 Å². The van der Waals surface area contributed by atoms with E-state index in [0.29, 0.717) is 23.7 Å². The zero-order valence-corrected chi connectivity index (χ0v) is 11.1. The summed E-state index contributed by atoms with van der Waals surface area (Å²) >= 11 is 0. The highest BCUT2D eigenvalue weighted by Gasteiger charge is 2.34. The van der Waals surface area contributed by atoms with Crippen LogP contribution in [0.15, 0.2) is 12.3 Å². The summed E-state index contributed by atoms with van der Waals surface area (Å²) in [6, 6.07) is 2.67. The lowest BCUT2D eigenvalue weighted by Crippen LogP contribution is -2.35. The number of hydrogen-bond donors (Lipinski definition) is 1. The third kappa shape index (κ3) is 1.89. The maximum absolute atomic E-state index is 12.6. The molecule has 0 radical (unpaired) electrons. The van der Waals surface area contributed by atoms with E-state index in [1.165, 1.54) is 12.8 Å². The molecule has 4 nitrogen and oxygen atoms in total. The first-order valence-corrected chi connectivity index (χ1v) is 6.84. The number of amides is 1. The van der Waals surface area contributed by atoms with Gasteiger partial charge in [0.15, 0.2) is 0 Å². The van der Waals surface area contributed by atoms with Crippen LogP contribution in [0.25, 0.3) is 0 Å². The molecule has 2 N–H and O–H groups in total. The van der Waals surface area contributed by atoms with Gasteiger partial charge in [-0.3, -0.25) is 4.79 Å². The molecule has 2 heterocycles. The largest absolute Gasteiger partial charge is 0.397 e. The minimum Gasteiger partial charge on any atom is -0.397 e. The third-order valence-corrected chi connectivity index (χ3v) is 4.07. The summed E-state index contributed by atoms with van der Waals surface area (Å²) in [5.74, 6) is 0.751. The van der Waals surface area contributed by atoms with E-state index in [-0.39, 0.29) is 5.91 Å². The molecule has 0 spiro atoms. The van der Waals surface area contributed by atoms with Crippen molar-refractivity contribution in [3.05, 3.63) is 18.0 Å². The molecular formula is C14H21N3O. The summed E-state index contributed by atoms with van der Waals surface area (Å²) in [5, 5.41) is 0. The van der Waals surface area contributed by atoms with Gasteiger partial charge in [-0.25, -0.2) is 0 Å². The number of nitrogens with two attached hydrogens (primary N) is 1. The average Bonchev–Trinajstić information content (AvgIpc) is 3.00. The van der Waals surface area contributed by atoms with Gasteiger partial charge in [0.2, 0.25) is 0 Å². The molecule has 18 heavy (non-hydrogen) atoms. The Morgan fingerprint density at radius 2 is 2.11 bits per heavy atom. The molecule has 1 saturated heterocycles. The van der Waals surface area contributed by atoms with Crippen molar-refractivity contribution in [2.75, 3.05) is 12.3 Å². The van der Waals surface area contributed by atoms with Gasteiger partial charge in [0.1, 0.15) is 5.69 Å². The van der Waals surface area contributed by atoms with Crippen LogP contribution in [0.2, 0.25) is 0 Å². The van der Waals surface area contributed by atoms with E-state index in [9.17, 15) is 4.79 Å². The van der Waals surface area contributed by atoms with E-state index in [1.54, 1.807) is 0 Å². The quantitative estimate of drug-likeness (QED) is 0.871. The number of carbonyl (C=O) groups is 1. The summed E-state index contributed by atoms with van der Waals surface area (Å²) in [5.41, 5.74) is 7.33. The number of likely N-dealkylation sites (tertiary alicyclic amines) is 1. The fraction of sp³-hybridized carbons (Fsp3) is 0.643. The zero-order valence-electron chi connectivity index (χ0n) is 11.1. The second kappa shape index (κ2) is 4.04. The Morgan fingerprint density at radius 3 is 2.67 bits per heavy atom. The van der Waals surface area contributed by atoms with Crippen LogP contribution in [0.4, 0.5) is 5.69 Å². The van der Waals surface area contributed by atoms with Crippen molar-refractivity contribution in [2.45, 2.75) is 45.2 Å². The van der Waals surface area contributed by atoms with Gasteiger partial charge in [0, 0.05) is 24.8 Å². The number of anilines is 1. The summed E-state index contributed by atoms with van der Waals surface area (Å²) < 4.78 is 2.08. The van der Waals surface area contributed by atoms with Gasteiger partial charge in [0.25, 0.3) is 5.91 Å². The molecule has 4 heteroatoms. The Kier molecular flexibility index (Phi) is 2.61. The number of nitrogens with zero attached hydrogens (tertiary/aromatic N) is 2. The normalized spacial score (nSPS) is 27.8. The van der Waals surface area contributed by atoms with E-state index in [0.717, 1.165) is 18.7 Å². The molecule has 2 atom stereocenters. The molecule has 98 valence electrons. The molecule has 2 aliphatic rings. The number of aromatic nitrogens is 1. The lowest BCUT2D eigenvalue weighted by molar-refractivity contribution is 0.0732. The molecule has 1 aliphatic carbocycles. The van der Waals surface area contributed by atoms with Crippen molar-refractivity contribution in [1.82, 2.24) is 9.47 Å². The average molecular weight is 247 g/mol. The molecule has 1 aliphatic heterocycles. The van der Waals surface area contributed by atoms with Crippen molar-refractivity contribution >= 4 is 11.6 Å². The molecule has 1 aromatic rings. The molecule has 3 rings (SSSR count). The predicted octanol–water partition coefficient (Wildman–Crippen LogP) is 2.28. The Balaban J connectivity index is 1.88. The van der Waals surface area contributed by atoms with Crippen LogP contribution >= 0.6 is 0 Å². The fourth-order valence-electron chi connectivity index (χ4n) is 3.06. The molecular weight excluding hydrogens is 226 g/mol. The van der Waals surface area contributed by atoms with Crippen LogP contribution in [0.1, 0.15) is 49.6 Å². The smallest absolute Gasteiger partial charge is 0.270 e. The molecule has 1 aromatic heterocycles. The van der Waals surface area contributed by atoms with Crippen LogP contribution in [-0.4, -0.2) is 28.0 Å². The van der Waals surface area contributed by atoms with Crippen LogP contribution in [0.5, 0.6) is 0 Å². The number of carbonyl (C=O) groups excluding carboxylic acids is 1. The molecule has 1 saturated carbocycles. The first-order valence-electron chi connectivity index (χ1n) is 6.84. The lowest BCUT2D eigenvalue weighted by atomic mass is 10.1. The monoisotopic (exact) mass is 247 g/mol. The Bertz CT molecular complexity index is 475. The third-order valence-electron chi connectivity index (χ3n) is 4.07. The standard InChI is InChI=1S/C14H21N3O/c1-9-5-10(2)16(7-9)14(18)13-6-11(15)8-17(13)12-3-4-12/h6,8-10,12H,3-5,7,15H2,1-2H3. The summed E-state index contributed by atoms with van der Waals surface area (Å²) in [6.07, 6.45) is 5.35. The number of nitrogen functional groups attached to an aromatic ring is 1. The fourth-order valence-corrected chi connectivity index (χ4v) is 3.06. The van der Waals surface area contributed by atoms with Gasteiger partial charge < -0.3 is 15.2 Å². The number of rotatable bonds is 2. The van der Waals surface area contributed by atoms with Crippen molar-refractivity contribution < 1.29 is 4.79 Å². The van der Waals surface area contributed by atoms with Gasteiger partial charge >= 0.3 is 0 Å². The van der Waals surface area contributed by atoms with Crippen LogP contribution in [0, 0.1) is 5.92 Å². The predicted molar refractivity (Wildman–Crippen MR) is 71.4 cm³/mol. The minimum absolute atomic E-state index is 0.149. The van der Waals surface area contributed by atoms with E-state index in [4.69, 9.17) is 5.73 Å². The Hall–Kier alpha value is -1.45. The molecule has 1 amide bonds. The van der Waals surface area contributed by atoms with Crippen LogP contribution in [-0.2, 0) is 0 Å². The maximum Gasteiger partial charge on any atom is 0.270 e. The number of hydrogen-bond acceptors (Lipinski definition) is 2. The SMILES string of the molecule is CC1CC(C)N(C(=O)c2cc(N)cn2C2CC2)C1. The highest BCUT2D eigenvalue weighted by molar-refractivity contribution is 5.94. The Labute approximate surface area is 108 Å². The van der Waals surface area contributed by atoms with Crippen molar-refractivity contribution in [2.24, 2.45) is 5.92 Å². The first kappa shape index (κ1) is 11.6. The Morgan fingerprint density at radius 1 is 1.39 bits per heavy atom. The second-order valence-corrected chi connectivity index (χ2v) is 5.94. The first-order chi connectivity index (χ1) is 8.56. The van der Waals surface area contributed by atoms with Crippen molar-refractivity contribution in [1.29, 1.82) is 0 Å². The van der Waals surface area contributed by atoms with E-state index in [1.807, 2.05) is 17.2 Å². The van der Waals surface area contributed by atoms with Crippen LogP contribution < -0.4 is 5.73 Å². The second-order valence-electron chi connectivity index (χ2n) is 5.94. The van der Waals surface area contributed by atoms with Crippen LogP contribution in [0.3, 0.4) is 0 Å². The molecule has 0 aromatic carbocycles. The lowest BCUT2D eigenvalue weighted by Gasteiger charge is -2.22. The van der Waals surface area contributed by atoms with Gasteiger partial charge in [0.05, 0.1) is 5.69 Å². The zero-order chi connectivity index (χ0) is 12.9. The van der Waals surface area contributed by atoms with Gasteiger partial charge in [-0.2, -0.15) is 0 Å². The molecule has 2 fully saturated rings. The highest BCUT2D eigenvalue weighted by atomic mass is 16.2. The topological polar surface area (TPSA) is 51.3 Å². The summed E-state index contributed by atoms with van der Waals surface area (Å²) in [6.45, 7) is 5.21. The van der Waals surface area contributed by atoms with Gasteiger partial charge in [-0.05, 0) is 38.2 Å². The van der Waals surface area contributed by atoms with Crippen molar-refractivity contribution in [3.63, 3.8) is 0 Å². The molecule has 2 unspecified atom stereocenters. The minimum atomic E-state index is 0.149. The summed E-state index contributed by atoms with van der Waals surface area (Å²) in [4.78, 5) is 14.6. The molecule has 0 bridgehead atoms.